The molecule has 2 N–H and O–H groups in total. The molecule has 0 aromatic carbocycles. The molecule has 42 heavy (non-hydrogen) atoms. The normalized spacial score (nSPS) is 53.4. The Hall–Kier alpha value is -0.160. The zero-order chi connectivity index (χ0) is 27.6. The van der Waals surface area contributed by atoms with Gasteiger partial charge in [0.25, 0.3) is 0 Å². The van der Waals surface area contributed by atoms with Gasteiger partial charge < -0.3 is 9.47 Å². The van der Waals surface area contributed by atoms with Crippen LogP contribution in [0.25, 0.3) is 0 Å². The molecule has 236 valence electrons. The fraction of sp³-hybridized carbons (Fsp3) is 1.00. The summed E-state index contributed by atoms with van der Waals surface area (Å²) in [6.07, 6.45) is 34.3. The largest absolute Gasteiger partial charge is 0.374 e. The predicted octanol–water partition coefficient (Wildman–Crippen LogP) is 7.99. The van der Waals surface area contributed by atoms with Crippen LogP contribution in [0, 0.1) is 53.3 Å². The topological polar surface area (TPSA) is 42.5 Å². The van der Waals surface area contributed by atoms with E-state index in [1.54, 1.807) is 0 Å². The monoisotopic (exact) mass is 578 g/mol. The highest BCUT2D eigenvalue weighted by molar-refractivity contribution is 5.10. The second-order valence-electron chi connectivity index (χ2n) is 17.3. The van der Waals surface area contributed by atoms with Crippen molar-refractivity contribution in [2.24, 2.45) is 53.3 Å². The van der Waals surface area contributed by atoms with E-state index in [2.05, 4.69) is 10.6 Å². The van der Waals surface area contributed by atoms with E-state index in [0.717, 1.165) is 53.3 Å². The minimum Gasteiger partial charge on any atom is -0.374 e. The first-order valence-corrected chi connectivity index (χ1v) is 19.6. The van der Waals surface area contributed by atoms with E-state index in [-0.39, 0.29) is 0 Å². The van der Waals surface area contributed by atoms with Gasteiger partial charge in [-0.25, -0.2) is 0 Å². The molecule has 3 aliphatic heterocycles. The molecule has 0 spiro atoms. The van der Waals surface area contributed by atoms with Crippen molar-refractivity contribution in [1.82, 2.24) is 10.6 Å². The molecule has 0 amide bonds. The molecule has 14 atom stereocenters. The minimum absolute atomic E-state index is 0.402. The van der Waals surface area contributed by atoms with Crippen molar-refractivity contribution in [1.29, 1.82) is 0 Å². The maximum Gasteiger partial charge on any atom is 0.0891 e. The first-order chi connectivity index (χ1) is 20.8. The number of hydrogen-bond donors (Lipinski definition) is 2. The predicted molar refractivity (Wildman–Crippen MR) is 168 cm³/mol. The highest BCUT2D eigenvalue weighted by atomic mass is 16.5. The van der Waals surface area contributed by atoms with Gasteiger partial charge in [-0.3, -0.25) is 10.6 Å². The van der Waals surface area contributed by atoms with Gasteiger partial charge in [-0.15, -0.1) is 0 Å². The van der Waals surface area contributed by atoms with Crippen LogP contribution in [0.3, 0.4) is 0 Å². The number of nitrogens with one attached hydrogen (secondary N) is 2. The summed E-state index contributed by atoms with van der Waals surface area (Å²) in [6.45, 7) is 0. The van der Waals surface area contributed by atoms with Crippen molar-refractivity contribution in [2.45, 2.75) is 184 Å². The molecule has 4 heteroatoms. The van der Waals surface area contributed by atoms with Gasteiger partial charge in [0, 0.05) is 18.0 Å². The summed E-state index contributed by atoms with van der Waals surface area (Å²) in [6, 6.07) is 1.15. The van der Waals surface area contributed by atoms with Gasteiger partial charge in [0.05, 0.1) is 30.6 Å². The Kier molecular flexibility index (Phi) is 7.95. The molecule has 0 bridgehead atoms. The third-order valence-electron chi connectivity index (χ3n) is 15.5. The Bertz CT molecular complexity index is 930. The Labute approximate surface area is 257 Å². The van der Waals surface area contributed by atoms with Crippen molar-refractivity contribution in [3.05, 3.63) is 0 Å². The first kappa shape index (κ1) is 28.1. The van der Waals surface area contributed by atoms with Crippen LogP contribution in [0.5, 0.6) is 0 Å². The molecule has 14 unspecified atom stereocenters. The second kappa shape index (κ2) is 11.9. The zero-order valence-electron chi connectivity index (χ0n) is 26.6. The smallest absolute Gasteiger partial charge is 0.0891 e. The molecule has 9 aliphatic rings. The fourth-order valence-electron chi connectivity index (χ4n) is 13.6. The van der Waals surface area contributed by atoms with Crippen molar-refractivity contribution in [3.63, 3.8) is 0 Å². The standard InChI is InChI=1S/C38H62N2O2/c1-3-11-23(12-4-1)30-22-31-27-20-19-25(21-33(27)42-36(31)28-16-8-7-15-26(28)30)38-39-34(24-13-5-2-6-14-24)37-35(40-38)29-17-9-10-18-32(29)41-37/h23-40H,1-22H2. The highest BCUT2D eigenvalue weighted by Crippen LogP contribution is 2.59. The molecule has 0 aromatic rings. The number of ether oxygens (including phenoxy) is 2. The average Bonchev–Trinajstić information content (AvgIpc) is 3.63. The van der Waals surface area contributed by atoms with E-state index in [0.29, 0.717) is 42.7 Å². The van der Waals surface area contributed by atoms with Crippen LogP contribution in [0.4, 0.5) is 0 Å². The summed E-state index contributed by atoms with van der Waals surface area (Å²) < 4.78 is 14.3. The summed E-state index contributed by atoms with van der Waals surface area (Å²) in [5, 5.41) is 8.62. The zero-order valence-corrected chi connectivity index (χ0v) is 26.6. The molecule has 3 saturated heterocycles. The molecular formula is C38H62N2O2. The molecular weight excluding hydrogens is 516 g/mol. The third kappa shape index (κ3) is 4.89. The average molecular weight is 579 g/mol. The number of rotatable bonds is 3. The van der Waals surface area contributed by atoms with Crippen LogP contribution in [0.15, 0.2) is 0 Å². The Morgan fingerprint density at radius 3 is 1.81 bits per heavy atom. The van der Waals surface area contributed by atoms with Crippen LogP contribution >= 0.6 is 0 Å². The minimum atomic E-state index is 0.402. The molecule has 0 aromatic heterocycles. The van der Waals surface area contributed by atoms with E-state index in [1.165, 1.54) is 141 Å². The SMILES string of the molecule is C1CCC(C2CC3C4CCC(C5NC(C6CCCCC6)C6OC7CCCCC7C6N5)CC4OC3C3CCCCC23)CC1. The lowest BCUT2D eigenvalue weighted by Gasteiger charge is -2.51. The number of hydrogen-bond acceptors (Lipinski definition) is 4. The quantitative estimate of drug-likeness (QED) is 0.356. The fourth-order valence-corrected chi connectivity index (χ4v) is 13.6. The molecule has 0 radical (unpaired) electrons. The van der Waals surface area contributed by atoms with E-state index < -0.39 is 0 Å². The number of fused-ring (bicyclic) bond motifs is 8. The summed E-state index contributed by atoms with van der Waals surface area (Å²) in [5.74, 6) is 7.95. The molecule has 9 rings (SSSR count). The van der Waals surface area contributed by atoms with Gasteiger partial charge in [-0.2, -0.15) is 0 Å². The molecule has 4 nitrogen and oxygen atoms in total. The van der Waals surface area contributed by atoms with Gasteiger partial charge >= 0.3 is 0 Å². The van der Waals surface area contributed by atoms with E-state index in [1.807, 2.05) is 0 Å². The van der Waals surface area contributed by atoms with Crippen molar-refractivity contribution < 1.29 is 9.47 Å². The lowest BCUT2D eigenvalue weighted by atomic mass is 9.54. The summed E-state index contributed by atoms with van der Waals surface area (Å²) in [5.41, 5.74) is 0. The Morgan fingerprint density at radius 1 is 0.357 bits per heavy atom. The Balaban J connectivity index is 0.926. The van der Waals surface area contributed by atoms with E-state index in [9.17, 15) is 0 Å². The lowest BCUT2D eigenvalue weighted by molar-refractivity contribution is -0.0896. The summed E-state index contributed by atoms with van der Waals surface area (Å²) in [7, 11) is 0. The first-order valence-electron chi connectivity index (χ1n) is 19.6. The van der Waals surface area contributed by atoms with Gasteiger partial charge in [0.2, 0.25) is 0 Å². The van der Waals surface area contributed by atoms with E-state index >= 15 is 0 Å². The van der Waals surface area contributed by atoms with Crippen LogP contribution in [-0.4, -0.2) is 42.7 Å². The van der Waals surface area contributed by atoms with Gasteiger partial charge in [0.1, 0.15) is 0 Å². The van der Waals surface area contributed by atoms with E-state index in [4.69, 9.17) is 9.47 Å². The maximum absolute atomic E-state index is 7.33. The van der Waals surface area contributed by atoms with Crippen LogP contribution in [-0.2, 0) is 9.47 Å². The van der Waals surface area contributed by atoms with Gasteiger partial charge in [-0.05, 0) is 112 Å². The lowest BCUT2D eigenvalue weighted by Crippen LogP contribution is -2.70. The molecule has 6 saturated carbocycles. The maximum atomic E-state index is 7.33. The van der Waals surface area contributed by atoms with Crippen LogP contribution in [0.1, 0.15) is 141 Å². The second-order valence-corrected chi connectivity index (χ2v) is 17.3. The molecule has 9 fully saturated rings. The van der Waals surface area contributed by atoms with Crippen LogP contribution in [0.2, 0.25) is 0 Å². The van der Waals surface area contributed by atoms with Crippen molar-refractivity contribution in [2.75, 3.05) is 0 Å². The summed E-state index contributed by atoms with van der Waals surface area (Å²) >= 11 is 0. The highest BCUT2D eigenvalue weighted by Gasteiger charge is 2.58. The molecule has 3 heterocycles. The van der Waals surface area contributed by atoms with Crippen molar-refractivity contribution in [3.8, 4) is 0 Å². The van der Waals surface area contributed by atoms with Gasteiger partial charge in [-0.1, -0.05) is 77.0 Å². The van der Waals surface area contributed by atoms with Crippen molar-refractivity contribution >= 4 is 0 Å². The Morgan fingerprint density at radius 2 is 1.00 bits per heavy atom. The van der Waals surface area contributed by atoms with Crippen LogP contribution < -0.4 is 10.6 Å². The summed E-state index contributed by atoms with van der Waals surface area (Å²) in [4.78, 5) is 0. The third-order valence-corrected chi connectivity index (χ3v) is 15.5. The van der Waals surface area contributed by atoms with Gasteiger partial charge in [0.15, 0.2) is 0 Å². The molecule has 6 aliphatic carbocycles.